The van der Waals surface area contributed by atoms with Crippen LogP contribution in [-0.4, -0.2) is 44.3 Å². The summed E-state index contributed by atoms with van der Waals surface area (Å²) in [4.78, 5) is 29.6. The molecule has 0 aliphatic rings. The van der Waals surface area contributed by atoms with E-state index in [0.717, 1.165) is 28.3 Å². The largest absolute Gasteiger partial charge is 0.354 e. The fraction of sp³-hybridized carbons (Fsp3) is 0.235. The van der Waals surface area contributed by atoms with Crippen molar-refractivity contribution in [2.24, 2.45) is 0 Å². The third-order valence-corrected chi connectivity index (χ3v) is 9.06. The Morgan fingerprint density at radius 1 is 0.791 bits per heavy atom. The van der Waals surface area contributed by atoms with Crippen molar-refractivity contribution in [3.8, 4) is 0 Å². The number of hydrogen-bond donors (Lipinski definition) is 1. The molecular weight excluding hydrogens is 582 g/mol. The fourth-order valence-corrected chi connectivity index (χ4v) is 6.26. The van der Waals surface area contributed by atoms with Crippen LogP contribution in [0.4, 0.5) is 5.69 Å². The lowest BCUT2D eigenvalue weighted by molar-refractivity contribution is -0.140. The average Bonchev–Trinajstić information content (AvgIpc) is 3.03. The van der Waals surface area contributed by atoms with E-state index in [4.69, 9.17) is 11.6 Å². The second-order valence-corrected chi connectivity index (χ2v) is 12.5. The highest BCUT2D eigenvalue weighted by Gasteiger charge is 2.34. The smallest absolute Gasteiger partial charge is 0.264 e. The Kier molecular flexibility index (Phi) is 11.4. The number of nitrogens with zero attached hydrogens (tertiary/aromatic N) is 2. The lowest BCUT2D eigenvalue weighted by Crippen LogP contribution is -2.53. The molecule has 0 saturated heterocycles. The van der Waals surface area contributed by atoms with Gasteiger partial charge in [0.2, 0.25) is 11.8 Å². The van der Waals surface area contributed by atoms with E-state index in [0.29, 0.717) is 11.6 Å². The van der Waals surface area contributed by atoms with Crippen LogP contribution in [0, 0.1) is 0 Å². The summed E-state index contributed by atoms with van der Waals surface area (Å²) in [5.41, 5.74) is 1.99. The molecule has 0 saturated carbocycles. The Balaban J connectivity index is 1.76. The van der Waals surface area contributed by atoms with Gasteiger partial charge >= 0.3 is 0 Å². The number of carbonyl (C=O) groups excluding carboxylic acids is 2. The maximum atomic E-state index is 14.4. The number of nitrogens with one attached hydrogen (secondary N) is 1. The molecule has 0 fully saturated rings. The summed E-state index contributed by atoms with van der Waals surface area (Å²) in [5, 5.41) is 3.43. The number of hydrogen-bond acceptors (Lipinski definition) is 4. The summed E-state index contributed by atoms with van der Waals surface area (Å²) in [7, 11) is -4.15. The minimum atomic E-state index is -4.15. The second kappa shape index (κ2) is 15.4. The molecule has 2 amide bonds. The Hall–Kier alpha value is -4.14. The van der Waals surface area contributed by atoms with Gasteiger partial charge in [-0.1, -0.05) is 104 Å². The number of amides is 2. The Morgan fingerprint density at radius 3 is 1.93 bits per heavy atom. The van der Waals surface area contributed by atoms with E-state index in [-0.39, 0.29) is 29.5 Å². The molecule has 0 aliphatic carbocycles. The second-order valence-electron chi connectivity index (χ2n) is 10.2. The molecule has 1 N–H and O–H groups in total. The monoisotopic (exact) mass is 617 g/mol. The number of sulfonamides is 1. The van der Waals surface area contributed by atoms with E-state index >= 15 is 0 Å². The zero-order chi connectivity index (χ0) is 30.7. The average molecular weight is 618 g/mol. The van der Waals surface area contributed by atoms with Crippen molar-refractivity contribution in [1.82, 2.24) is 10.2 Å². The maximum Gasteiger partial charge on any atom is 0.264 e. The van der Waals surface area contributed by atoms with E-state index in [2.05, 4.69) is 5.32 Å². The predicted molar refractivity (Wildman–Crippen MR) is 171 cm³/mol. The van der Waals surface area contributed by atoms with Gasteiger partial charge in [-0.05, 0) is 53.9 Å². The standard InChI is InChI=1S/C34H36ClN3O4S/c1-2-3-23-36-34(40)32(24-27-13-7-4-8-14-27)37(25-28-15-9-5-10-16-28)33(39)26-38(30-21-19-29(35)20-22-30)43(41,42)31-17-11-6-12-18-31/h4-22,32H,2-3,23-26H2,1H3,(H,36,40)/t32-/m1/s1. The highest BCUT2D eigenvalue weighted by atomic mass is 35.5. The van der Waals surface area contributed by atoms with Crippen LogP contribution < -0.4 is 9.62 Å². The van der Waals surface area contributed by atoms with E-state index in [9.17, 15) is 18.0 Å². The first-order valence-corrected chi connectivity index (χ1v) is 16.1. The van der Waals surface area contributed by atoms with Gasteiger partial charge in [-0.3, -0.25) is 13.9 Å². The molecule has 4 rings (SSSR count). The van der Waals surface area contributed by atoms with Crippen LogP contribution in [0.5, 0.6) is 0 Å². The molecule has 0 bridgehead atoms. The molecule has 0 aliphatic heterocycles. The summed E-state index contributed by atoms with van der Waals surface area (Å²) in [6.45, 7) is 2.13. The van der Waals surface area contributed by atoms with Crippen LogP contribution in [-0.2, 0) is 32.6 Å². The molecule has 0 unspecified atom stereocenters. The van der Waals surface area contributed by atoms with Crippen LogP contribution in [0.1, 0.15) is 30.9 Å². The first-order valence-electron chi connectivity index (χ1n) is 14.3. The van der Waals surface area contributed by atoms with Gasteiger partial charge in [-0.2, -0.15) is 0 Å². The van der Waals surface area contributed by atoms with Crippen LogP contribution in [0.25, 0.3) is 0 Å². The summed E-state index contributed by atoms with van der Waals surface area (Å²) in [5.74, 6) is -0.796. The highest BCUT2D eigenvalue weighted by Crippen LogP contribution is 2.26. The molecule has 0 spiro atoms. The van der Waals surface area contributed by atoms with Gasteiger partial charge in [0.05, 0.1) is 10.6 Å². The molecule has 0 radical (unpaired) electrons. The van der Waals surface area contributed by atoms with Crippen LogP contribution in [0.3, 0.4) is 0 Å². The Labute approximate surface area is 259 Å². The van der Waals surface area contributed by atoms with Crippen molar-refractivity contribution in [3.05, 3.63) is 131 Å². The van der Waals surface area contributed by atoms with E-state index in [1.165, 1.54) is 17.0 Å². The van der Waals surface area contributed by atoms with Crippen molar-refractivity contribution in [2.75, 3.05) is 17.4 Å². The molecule has 7 nitrogen and oxygen atoms in total. The van der Waals surface area contributed by atoms with Gasteiger partial charge in [0.25, 0.3) is 10.0 Å². The molecule has 4 aromatic carbocycles. The predicted octanol–water partition coefficient (Wildman–Crippen LogP) is 6.09. The number of anilines is 1. The molecule has 4 aromatic rings. The molecule has 0 heterocycles. The number of carbonyl (C=O) groups is 2. The minimum Gasteiger partial charge on any atom is -0.354 e. The molecule has 0 aromatic heterocycles. The molecule has 43 heavy (non-hydrogen) atoms. The van der Waals surface area contributed by atoms with Crippen LogP contribution in [0.15, 0.2) is 120 Å². The first kappa shape index (κ1) is 31.8. The van der Waals surface area contributed by atoms with Gasteiger partial charge in [0, 0.05) is 24.5 Å². The highest BCUT2D eigenvalue weighted by molar-refractivity contribution is 7.92. The Morgan fingerprint density at radius 2 is 1.35 bits per heavy atom. The van der Waals surface area contributed by atoms with E-state index < -0.39 is 28.5 Å². The summed E-state index contributed by atoms with van der Waals surface area (Å²) >= 11 is 6.11. The lowest BCUT2D eigenvalue weighted by Gasteiger charge is -2.34. The number of halogens is 1. The summed E-state index contributed by atoms with van der Waals surface area (Å²) in [6, 6.07) is 32.3. The fourth-order valence-electron chi connectivity index (χ4n) is 4.70. The Bertz CT molecular complexity index is 1570. The van der Waals surface area contributed by atoms with E-state index in [1.54, 1.807) is 42.5 Å². The van der Waals surface area contributed by atoms with Gasteiger partial charge in [0.15, 0.2) is 0 Å². The zero-order valence-corrected chi connectivity index (χ0v) is 25.7. The van der Waals surface area contributed by atoms with Crippen LogP contribution in [0.2, 0.25) is 5.02 Å². The topological polar surface area (TPSA) is 86.8 Å². The molecular formula is C34H36ClN3O4S. The minimum absolute atomic E-state index is 0.0468. The van der Waals surface area contributed by atoms with Crippen molar-refractivity contribution in [1.29, 1.82) is 0 Å². The van der Waals surface area contributed by atoms with E-state index in [1.807, 2.05) is 67.6 Å². The van der Waals surface area contributed by atoms with Gasteiger partial charge < -0.3 is 10.2 Å². The third-order valence-electron chi connectivity index (χ3n) is 7.02. The molecule has 1 atom stereocenters. The van der Waals surface area contributed by atoms with Crippen LogP contribution >= 0.6 is 11.6 Å². The number of rotatable bonds is 14. The quantitative estimate of drug-likeness (QED) is 0.174. The SMILES string of the molecule is CCCCNC(=O)[C@@H](Cc1ccccc1)N(Cc1ccccc1)C(=O)CN(c1ccc(Cl)cc1)S(=O)(=O)c1ccccc1. The lowest BCUT2D eigenvalue weighted by atomic mass is 10.0. The van der Waals surface area contributed by atoms with Crippen molar-refractivity contribution in [3.63, 3.8) is 0 Å². The van der Waals surface area contributed by atoms with Crippen molar-refractivity contribution >= 4 is 39.1 Å². The molecule has 9 heteroatoms. The van der Waals surface area contributed by atoms with Gasteiger partial charge in [-0.15, -0.1) is 0 Å². The summed E-state index contributed by atoms with van der Waals surface area (Å²) < 4.78 is 29.0. The normalized spacial score (nSPS) is 11.9. The number of benzene rings is 4. The maximum absolute atomic E-state index is 14.4. The number of unbranched alkanes of at least 4 members (excludes halogenated alkanes) is 1. The zero-order valence-electron chi connectivity index (χ0n) is 24.1. The van der Waals surface area contributed by atoms with Crippen molar-refractivity contribution < 1.29 is 18.0 Å². The van der Waals surface area contributed by atoms with Gasteiger partial charge in [-0.25, -0.2) is 8.42 Å². The molecule has 224 valence electrons. The van der Waals surface area contributed by atoms with Crippen molar-refractivity contribution in [2.45, 2.75) is 43.7 Å². The first-order chi connectivity index (χ1) is 20.8. The summed E-state index contributed by atoms with van der Waals surface area (Å²) in [6.07, 6.45) is 1.98. The van der Waals surface area contributed by atoms with Gasteiger partial charge in [0.1, 0.15) is 12.6 Å². The third kappa shape index (κ3) is 8.69.